The maximum absolute atomic E-state index is 13.2. The highest BCUT2D eigenvalue weighted by Gasteiger charge is 2.38. The number of amides is 2. The number of carbonyl (C=O) groups is 2. The van der Waals surface area contributed by atoms with Crippen molar-refractivity contribution >= 4 is 23.2 Å². The number of piperazine rings is 1. The number of rotatable bonds is 8. The molecule has 0 bridgehead atoms. The molecule has 0 unspecified atom stereocenters. The van der Waals surface area contributed by atoms with Gasteiger partial charge in [0, 0.05) is 74.4 Å². The summed E-state index contributed by atoms with van der Waals surface area (Å²) in [6.45, 7) is 11.8. The van der Waals surface area contributed by atoms with Gasteiger partial charge in [-0.05, 0) is 134 Å². The first-order valence-corrected chi connectivity index (χ1v) is 20.5. The molecular formula is C47H53N5O3. The lowest BCUT2D eigenvalue weighted by atomic mass is 9.69. The summed E-state index contributed by atoms with van der Waals surface area (Å²) in [5.41, 5.74) is 10.4. The molecule has 0 spiro atoms. The van der Waals surface area contributed by atoms with Crippen molar-refractivity contribution in [3.63, 3.8) is 0 Å². The van der Waals surface area contributed by atoms with Gasteiger partial charge in [-0.25, -0.2) is 0 Å². The van der Waals surface area contributed by atoms with E-state index in [9.17, 15) is 14.7 Å². The molecule has 0 aromatic heterocycles. The van der Waals surface area contributed by atoms with E-state index in [0.717, 1.165) is 81.4 Å². The van der Waals surface area contributed by atoms with Gasteiger partial charge in [-0.15, -0.1) is 0 Å². The molecule has 55 heavy (non-hydrogen) atoms. The van der Waals surface area contributed by atoms with Crippen molar-refractivity contribution in [1.29, 1.82) is 0 Å². The molecule has 0 saturated carbocycles. The van der Waals surface area contributed by atoms with Crippen molar-refractivity contribution in [3.05, 3.63) is 137 Å². The Morgan fingerprint density at radius 2 is 1.45 bits per heavy atom. The SMILES string of the molecule is C=C1CC[C@@H](N2Cc3cc(N4CCN(CCC5CCN(c6ccc([C@H]7c8ccc(O)cc8CC[C@H]7c7ccccc7)cc6)CC5)CC4)ccc3C2=O)C(=O)N1. The Morgan fingerprint density at radius 3 is 2.22 bits per heavy atom. The number of nitrogens with zero attached hydrogens (tertiary/aromatic N) is 4. The van der Waals surface area contributed by atoms with Crippen molar-refractivity contribution in [1.82, 2.24) is 15.1 Å². The molecule has 4 aromatic carbocycles. The average Bonchev–Trinajstić information content (AvgIpc) is 3.55. The van der Waals surface area contributed by atoms with E-state index in [0.29, 0.717) is 31.1 Å². The Kier molecular flexibility index (Phi) is 9.85. The molecule has 1 aliphatic carbocycles. The van der Waals surface area contributed by atoms with Crippen LogP contribution in [0.2, 0.25) is 0 Å². The van der Waals surface area contributed by atoms with E-state index in [2.05, 4.69) is 99.4 Å². The number of fused-ring (bicyclic) bond motifs is 2. The van der Waals surface area contributed by atoms with E-state index in [4.69, 9.17) is 0 Å². The van der Waals surface area contributed by atoms with Crippen LogP contribution in [0.4, 0.5) is 11.4 Å². The Labute approximate surface area is 325 Å². The zero-order chi connectivity index (χ0) is 37.5. The first kappa shape index (κ1) is 35.6. The molecule has 284 valence electrons. The molecule has 4 aliphatic heterocycles. The largest absolute Gasteiger partial charge is 0.508 e. The van der Waals surface area contributed by atoms with Gasteiger partial charge < -0.3 is 25.1 Å². The number of hydrogen-bond acceptors (Lipinski definition) is 6. The zero-order valence-electron chi connectivity index (χ0n) is 31.8. The summed E-state index contributed by atoms with van der Waals surface area (Å²) < 4.78 is 0. The summed E-state index contributed by atoms with van der Waals surface area (Å²) in [4.78, 5) is 35.2. The number of hydrogen-bond donors (Lipinski definition) is 2. The second-order valence-corrected chi connectivity index (χ2v) is 16.5. The third kappa shape index (κ3) is 7.25. The number of benzene rings is 4. The lowest BCUT2D eigenvalue weighted by molar-refractivity contribution is -0.126. The van der Waals surface area contributed by atoms with E-state index in [1.807, 2.05) is 18.2 Å². The van der Waals surface area contributed by atoms with Crippen LogP contribution < -0.4 is 15.1 Å². The highest BCUT2D eigenvalue weighted by atomic mass is 16.3. The Hall–Kier alpha value is -5.08. The number of phenolic OH excluding ortho intramolecular Hbond substituents is 1. The van der Waals surface area contributed by atoms with Gasteiger partial charge in [-0.3, -0.25) is 14.5 Å². The van der Waals surface area contributed by atoms with E-state index >= 15 is 0 Å². The fourth-order valence-corrected chi connectivity index (χ4v) is 10.1. The summed E-state index contributed by atoms with van der Waals surface area (Å²) in [5.74, 6) is 1.66. The molecular weight excluding hydrogens is 683 g/mol. The summed E-state index contributed by atoms with van der Waals surface area (Å²) in [7, 11) is 0. The highest BCUT2D eigenvalue weighted by molar-refractivity contribution is 6.01. The Bertz CT molecular complexity index is 2050. The molecule has 0 radical (unpaired) electrons. The van der Waals surface area contributed by atoms with Crippen LogP contribution in [0.15, 0.2) is 103 Å². The predicted molar refractivity (Wildman–Crippen MR) is 219 cm³/mol. The third-order valence-electron chi connectivity index (χ3n) is 13.3. The van der Waals surface area contributed by atoms with Crippen molar-refractivity contribution in [2.45, 2.75) is 69.4 Å². The number of allylic oxidation sites excluding steroid dienone is 1. The Morgan fingerprint density at radius 1 is 0.709 bits per heavy atom. The molecule has 3 saturated heterocycles. The number of aryl methyl sites for hydroxylation is 1. The maximum Gasteiger partial charge on any atom is 0.255 e. The predicted octanol–water partition coefficient (Wildman–Crippen LogP) is 7.43. The van der Waals surface area contributed by atoms with Gasteiger partial charge in [0.25, 0.3) is 5.91 Å². The quantitative estimate of drug-likeness (QED) is 0.196. The van der Waals surface area contributed by atoms with Gasteiger partial charge in [0.15, 0.2) is 0 Å². The summed E-state index contributed by atoms with van der Waals surface area (Å²) in [5, 5.41) is 13.1. The van der Waals surface area contributed by atoms with Crippen LogP contribution in [-0.2, 0) is 17.8 Å². The fraction of sp³-hybridized carbons (Fsp3) is 0.404. The monoisotopic (exact) mass is 735 g/mol. The number of piperidine rings is 2. The third-order valence-corrected chi connectivity index (χ3v) is 13.3. The molecule has 9 rings (SSSR count). The van der Waals surface area contributed by atoms with E-state index in [-0.39, 0.29) is 17.7 Å². The lowest BCUT2D eigenvalue weighted by Crippen LogP contribution is -2.49. The van der Waals surface area contributed by atoms with Gasteiger partial charge in [0.05, 0.1) is 0 Å². The minimum atomic E-state index is -0.423. The normalized spacial score (nSPS) is 23.5. The van der Waals surface area contributed by atoms with E-state index in [1.165, 1.54) is 52.9 Å². The smallest absolute Gasteiger partial charge is 0.255 e. The van der Waals surface area contributed by atoms with Crippen molar-refractivity contribution in [2.24, 2.45) is 5.92 Å². The summed E-state index contributed by atoms with van der Waals surface area (Å²) >= 11 is 0. The second kappa shape index (κ2) is 15.2. The van der Waals surface area contributed by atoms with Gasteiger partial charge in [0.2, 0.25) is 5.91 Å². The number of nitrogens with one attached hydrogen (secondary N) is 1. The molecule has 3 atom stereocenters. The number of aromatic hydroxyl groups is 1. The number of phenols is 1. The lowest BCUT2D eigenvalue weighted by Gasteiger charge is -2.38. The standard InChI is InChI=1S/C47H53N5O3/c1-32-7-18-44(46(54)48-32)52-31-37-29-39(13-16-43(37)47(52)55)51-27-25-49(26-28-51)22-19-33-20-23-50(24-21-33)38-11-8-35(9-12-38)45-41(34-5-3-2-4-6-34)15-10-36-30-40(53)14-17-42(36)45/h2-6,8-9,11-14,16-17,29-30,33,41,44-45,53H,1,7,10,15,18-28,31H2,(H,48,54)/t41-,44+,45+/m0/s1. The first-order valence-electron chi connectivity index (χ1n) is 20.5. The van der Waals surface area contributed by atoms with E-state index in [1.54, 1.807) is 4.90 Å². The van der Waals surface area contributed by atoms with Crippen LogP contribution >= 0.6 is 0 Å². The molecule has 3 fully saturated rings. The van der Waals surface area contributed by atoms with Crippen LogP contribution in [0.1, 0.15) is 88.5 Å². The van der Waals surface area contributed by atoms with Gasteiger partial charge in [-0.1, -0.05) is 55.1 Å². The molecule has 4 heterocycles. The van der Waals surface area contributed by atoms with Gasteiger partial charge in [0.1, 0.15) is 11.8 Å². The summed E-state index contributed by atoms with van der Waals surface area (Å²) in [6, 6.07) is 32.1. The second-order valence-electron chi connectivity index (χ2n) is 16.5. The fourth-order valence-electron chi connectivity index (χ4n) is 10.1. The van der Waals surface area contributed by atoms with Gasteiger partial charge >= 0.3 is 0 Å². The number of carbonyl (C=O) groups excluding carboxylic acids is 2. The van der Waals surface area contributed by atoms with Crippen molar-refractivity contribution < 1.29 is 14.7 Å². The number of anilines is 2. The first-order chi connectivity index (χ1) is 26.9. The zero-order valence-corrected chi connectivity index (χ0v) is 31.8. The average molecular weight is 736 g/mol. The van der Waals surface area contributed by atoms with E-state index < -0.39 is 6.04 Å². The highest BCUT2D eigenvalue weighted by Crippen LogP contribution is 2.47. The molecule has 2 N–H and O–H groups in total. The topological polar surface area (TPSA) is 79.4 Å². The van der Waals surface area contributed by atoms with Gasteiger partial charge in [-0.2, -0.15) is 0 Å². The molecule has 8 nitrogen and oxygen atoms in total. The van der Waals surface area contributed by atoms with Crippen LogP contribution in [0.3, 0.4) is 0 Å². The molecule has 2 amide bonds. The molecule has 5 aliphatic rings. The Balaban J connectivity index is 0.756. The maximum atomic E-state index is 13.2. The van der Waals surface area contributed by atoms with Crippen LogP contribution in [0.25, 0.3) is 0 Å². The summed E-state index contributed by atoms with van der Waals surface area (Å²) in [6.07, 6.45) is 7.13. The minimum Gasteiger partial charge on any atom is -0.508 e. The van der Waals surface area contributed by atoms with Crippen molar-refractivity contribution in [2.75, 3.05) is 55.6 Å². The van der Waals surface area contributed by atoms with Crippen LogP contribution in [0.5, 0.6) is 5.75 Å². The van der Waals surface area contributed by atoms with Crippen LogP contribution in [0, 0.1) is 5.92 Å². The van der Waals surface area contributed by atoms with Crippen molar-refractivity contribution in [3.8, 4) is 5.75 Å². The molecule has 8 heteroatoms. The van der Waals surface area contributed by atoms with Crippen LogP contribution in [-0.4, -0.2) is 78.6 Å². The molecule has 4 aromatic rings. The minimum absolute atomic E-state index is 0.0377.